The number of aromatic nitrogens is 2. The molecule has 26 heavy (non-hydrogen) atoms. The molecule has 1 fully saturated rings. The smallest absolute Gasteiger partial charge is 0.410 e. The van der Waals surface area contributed by atoms with E-state index in [1.54, 1.807) is 11.0 Å². The van der Waals surface area contributed by atoms with Gasteiger partial charge in [0.1, 0.15) is 5.60 Å². The van der Waals surface area contributed by atoms with E-state index >= 15 is 0 Å². The predicted molar refractivity (Wildman–Crippen MR) is 101 cm³/mol. The number of nitrogens with zero attached hydrogens (tertiary/aromatic N) is 2. The van der Waals surface area contributed by atoms with Crippen LogP contribution in [-0.2, 0) is 4.74 Å². The number of aromatic amines is 1. The molecule has 3 rings (SSSR count). The van der Waals surface area contributed by atoms with Gasteiger partial charge >= 0.3 is 6.09 Å². The Balaban J connectivity index is 1.64. The van der Waals surface area contributed by atoms with Crippen LogP contribution in [0.4, 0.5) is 10.6 Å². The lowest BCUT2D eigenvalue weighted by atomic mass is 9.98. The van der Waals surface area contributed by atoms with Crippen LogP contribution in [-0.4, -0.2) is 46.4 Å². The fraction of sp³-hybridized carbons (Fsp3) is 0.526. The van der Waals surface area contributed by atoms with E-state index in [-0.39, 0.29) is 11.7 Å². The average Bonchev–Trinajstić information content (AvgIpc) is 2.60. The van der Waals surface area contributed by atoms with Crippen LogP contribution >= 0.6 is 0 Å². The maximum atomic E-state index is 12.3. The second-order valence-electron chi connectivity index (χ2n) is 7.76. The molecule has 0 aliphatic carbocycles. The van der Waals surface area contributed by atoms with Gasteiger partial charge in [0.15, 0.2) is 5.82 Å². The first kappa shape index (κ1) is 18.2. The maximum absolute atomic E-state index is 12.3. The topological polar surface area (TPSA) is 87.3 Å². The third kappa shape index (κ3) is 4.33. The van der Waals surface area contributed by atoms with Gasteiger partial charge in [-0.15, -0.1) is 0 Å². The highest BCUT2D eigenvalue weighted by Crippen LogP contribution is 2.21. The first-order chi connectivity index (χ1) is 12.3. The van der Waals surface area contributed by atoms with Gasteiger partial charge in [0.05, 0.1) is 5.39 Å². The molecule has 1 aliphatic rings. The molecule has 0 radical (unpaired) electrons. The highest BCUT2D eigenvalue weighted by molar-refractivity contribution is 5.90. The summed E-state index contributed by atoms with van der Waals surface area (Å²) in [7, 11) is 0. The second-order valence-corrected chi connectivity index (χ2v) is 7.76. The Morgan fingerprint density at radius 3 is 2.81 bits per heavy atom. The molecule has 1 atom stereocenters. The summed E-state index contributed by atoms with van der Waals surface area (Å²) < 4.78 is 5.47. The minimum atomic E-state index is -0.485. The predicted octanol–water partition coefficient (Wildman–Crippen LogP) is 2.98. The molecule has 2 heterocycles. The van der Waals surface area contributed by atoms with E-state index in [9.17, 15) is 9.59 Å². The second kappa shape index (κ2) is 7.35. The lowest BCUT2D eigenvalue weighted by Crippen LogP contribution is -2.44. The Morgan fingerprint density at radius 2 is 2.08 bits per heavy atom. The van der Waals surface area contributed by atoms with Gasteiger partial charge < -0.3 is 15.0 Å². The fourth-order valence-electron chi connectivity index (χ4n) is 3.21. The Morgan fingerprint density at radius 1 is 1.35 bits per heavy atom. The Kier molecular flexibility index (Phi) is 5.15. The van der Waals surface area contributed by atoms with Crippen molar-refractivity contribution in [2.24, 2.45) is 5.92 Å². The molecule has 1 aromatic carbocycles. The van der Waals surface area contributed by atoms with Gasteiger partial charge in [-0.25, -0.2) is 9.89 Å². The van der Waals surface area contributed by atoms with Gasteiger partial charge in [0.2, 0.25) is 0 Å². The summed E-state index contributed by atoms with van der Waals surface area (Å²) in [6, 6.07) is 7.39. The zero-order chi connectivity index (χ0) is 18.7. The summed E-state index contributed by atoms with van der Waals surface area (Å²) in [4.78, 5) is 25.9. The van der Waals surface area contributed by atoms with Crippen molar-refractivity contribution in [1.29, 1.82) is 0 Å². The Bertz CT molecular complexity index is 841. The average molecular weight is 358 g/mol. The number of piperidine rings is 1. The van der Waals surface area contributed by atoms with Crippen LogP contribution in [0.3, 0.4) is 0 Å². The normalized spacial score (nSPS) is 18.0. The molecule has 1 unspecified atom stereocenters. The van der Waals surface area contributed by atoms with E-state index in [1.807, 2.05) is 39.0 Å². The summed E-state index contributed by atoms with van der Waals surface area (Å²) in [5.41, 5.74) is -0.680. The molecule has 0 spiro atoms. The van der Waals surface area contributed by atoms with Crippen LogP contribution in [0.1, 0.15) is 33.6 Å². The molecule has 7 heteroatoms. The summed E-state index contributed by atoms with van der Waals surface area (Å²) >= 11 is 0. The first-order valence-electron chi connectivity index (χ1n) is 9.03. The monoisotopic (exact) mass is 358 g/mol. The zero-order valence-corrected chi connectivity index (χ0v) is 15.5. The highest BCUT2D eigenvalue weighted by atomic mass is 16.6. The molecule has 0 bridgehead atoms. The number of carbonyl (C=O) groups excluding carboxylic acids is 1. The number of ether oxygens (including phenoxy) is 1. The molecular weight excluding hydrogens is 332 g/mol. The lowest BCUT2D eigenvalue weighted by Gasteiger charge is -2.34. The van der Waals surface area contributed by atoms with Crippen LogP contribution in [0.2, 0.25) is 0 Å². The van der Waals surface area contributed by atoms with Crippen molar-refractivity contribution in [2.45, 2.75) is 39.2 Å². The zero-order valence-electron chi connectivity index (χ0n) is 15.5. The number of amides is 1. The molecule has 1 aromatic heterocycles. The molecule has 0 saturated carbocycles. The van der Waals surface area contributed by atoms with Crippen molar-refractivity contribution in [2.75, 3.05) is 25.0 Å². The van der Waals surface area contributed by atoms with Crippen molar-refractivity contribution >= 4 is 22.7 Å². The van der Waals surface area contributed by atoms with Crippen molar-refractivity contribution < 1.29 is 9.53 Å². The number of fused-ring (bicyclic) bond motifs is 1. The van der Waals surface area contributed by atoms with E-state index in [2.05, 4.69) is 15.5 Å². The van der Waals surface area contributed by atoms with Gasteiger partial charge in [-0.3, -0.25) is 4.79 Å². The number of carbonyl (C=O) groups is 1. The van der Waals surface area contributed by atoms with Crippen LogP contribution in [0, 0.1) is 5.92 Å². The van der Waals surface area contributed by atoms with E-state index in [1.165, 1.54) is 0 Å². The van der Waals surface area contributed by atoms with Crippen molar-refractivity contribution in [3.63, 3.8) is 0 Å². The van der Waals surface area contributed by atoms with Gasteiger partial charge in [0, 0.05) is 25.0 Å². The lowest BCUT2D eigenvalue weighted by molar-refractivity contribution is 0.0172. The number of hydrogen-bond acceptors (Lipinski definition) is 5. The fourth-order valence-corrected chi connectivity index (χ4v) is 3.21. The number of benzene rings is 1. The summed E-state index contributed by atoms with van der Waals surface area (Å²) in [6.07, 6.45) is 1.73. The molecule has 1 saturated heterocycles. The summed E-state index contributed by atoms with van der Waals surface area (Å²) in [5, 5.41) is 11.4. The third-order valence-corrected chi connectivity index (χ3v) is 4.42. The number of hydrogen-bond donors (Lipinski definition) is 2. The van der Waals surface area contributed by atoms with E-state index in [0.29, 0.717) is 30.2 Å². The molecule has 140 valence electrons. The van der Waals surface area contributed by atoms with Gasteiger partial charge in [-0.2, -0.15) is 5.10 Å². The van der Waals surface area contributed by atoms with Crippen LogP contribution in [0.15, 0.2) is 29.1 Å². The molecule has 2 aromatic rings. The number of anilines is 1. The van der Waals surface area contributed by atoms with E-state index < -0.39 is 5.60 Å². The van der Waals surface area contributed by atoms with Crippen molar-refractivity contribution in [3.05, 3.63) is 34.6 Å². The standard InChI is InChI=1S/C19H26N4O3/c1-19(2,3)26-18(25)23-10-6-7-13(12-23)11-20-16-14-8-4-5-9-15(14)17(24)22-21-16/h4-5,8-9,13H,6-7,10-12H2,1-3H3,(H,20,21)(H,22,24). The summed E-state index contributed by atoms with van der Waals surface area (Å²) in [6.45, 7) is 7.69. The van der Waals surface area contributed by atoms with Crippen LogP contribution < -0.4 is 10.9 Å². The molecule has 1 aliphatic heterocycles. The SMILES string of the molecule is CC(C)(C)OC(=O)N1CCCC(CNc2n[nH]c(=O)c3ccccc23)C1. The number of nitrogens with one attached hydrogen (secondary N) is 2. The van der Waals surface area contributed by atoms with Gasteiger partial charge in [0.25, 0.3) is 5.56 Å². The van der Waals surface area contributed by atoms with Crippen LogP contribution in [0.25, 0.3) is 10.8 Å². The number of rotatable bonds is 3. The molecular formula is C19H26N4O3. The number of likely N-dealkylation sites (tertiary alicyclic amines) is 1. The summed E-state index contributed by atoms with van der Waals surface area (Å²) in [5.74, 6) is 0.971. The minimum absolute atomic E-state index is 0.195. The first-order valence-corrected chi connectivity index (χ1v) is 9.03. The molecule has 7 nitrogen and oxygen atoms in total. The quantitative estimate of drug-likeness (QED) is 0.881. The Labute approximate surface area is 152 Å². The van der Waals surface area contributed by atoms with Gasteiger partial charge in [-0.05, 0) is 45.6 Å². The van der Waals surface area contributed by atoms with E-state index in [4.69, 9.17) is 4.74 Å². The van der Waals surface area contributed by atoms with E-state index in [0.717, 1.165) is 24.8 Å². The Hall–Kier alpha value is -2.57. The maximum Gasteiger partial charge on any atom is 0.410 e. The molecule has 1 amide bonds. The third-order valence-electron chi connectivity index (χ3n) is 4.42. The minimum Gasteiger partial charge on any atom is -0.444 e. The van der Waals surface area contributed by atoms with Crippen molar-refractivity contribution in [1.82, 2.24) is 15.1 Å². The van der Waals surface area contributed by atoms with Crippen molar-refractivity contribution in [3.8, 4) is 0 Å². The molecule has 2 N–H and O–H groups in total. The van der Waals surface area contributed by atoms with Crippen LogP contribution in [0.5, 0.6) is 0 Å². The number of H-pyrrole nitrogens is 1. The largest absolute Gasteiger partial charge is 0.444 e. The highest BCUT2D eigenvalue weighted by Gasteiger charge is 2.27. The van der Waals surface area contributed by atoms with Gasteiger partial charge in [-0.1, -0.05) is 18.2 Å².